The largest absolute Gasteiger partial charge is 0.455 e. The molecule has 0 N–H and O–H groups in total. The Labute approximate surface area is 282 Å². The van der Waals surface area contributed by atoms with Gasteiger partial charge in [0.2, 0.25) is 0 Å². The Hall–Kier alpha value is -6.58. The lowest BCUT2D eigenvalue weighted by Crippen LogP contribution is -1.93. The molecule has 0 spiro atoms. The van der Waals surface area contributed by atoms with Crippen molar-refractivity contribution in [3.8, 4) is 44.6 Å². The Morgan fingerprint density at radius 2 is 0.939 bits per heavy atom. The van der Waals surface area contributed by atoms with Crippen LogP contribution in [0.5, 0.6) is 0 Å². The van der Waals surface area contributed by atoms with Crippen LogP contribution in [0.25, 0.3) is 99.2 Å². The van der Waals surface area contributed by atoms with Gasteiger partial charge in [-0.05, 0) is 56.8 Å². The fourth-order valence-corrected chi connectivity index (χ4v) is 7.28. The average molecular weight is 625 g/mol. The normalized spacial score (nSPS) is 11.7. The van der Waals surface area contributed by atoms with Crippen LogP contribution < -0.4 is 0 Å². The van der Waals surface area contributed by atoms with Gasteiger partial charge in [0.25, 0.3) is 0 Å². The maximum atomic E-state index is 6.32. The van der Waals surface area contributed by atoms with Crippen LogP contribution in [0.3, 0.4) is 0 Å². The van der Waals surface area contributed by atoms with Crippen molar-refractivity contribution < 1.29 is 4.42 Å². The first-order valence-electron chi connectivity index (χ1n) is 16.6. The van der Waals surface area contributed by atoms with Crippen molar-refractivity contribution in [2.24, 2.45) is 0 Å². The second-order valence-electron chi connectivity index (χ2n) is 12.6. The molecular weight excluding hydrogens is 597 g/mol. The molecule has 0 bridgehead atoms. The molecule has 0 saturated carbocycles. The molecule has 10 rings (SSSR count). The van der Waals surface area contributed by atoms with E-state index in [4.69, 9.17) is 14.4 Å². The standard InChI is InChI=1S/C46H28N2O/c1-3-10-29(11-4-1)33-22-24-37-40(26-33)41-27-34(30-12-5-2-6-13-30)23-25-38(41)45-44(37)47-28-42(48-45)32-20-18-31(19-21-32)35-15-9-16-39-36-14-7-8-17-43(36)49-46(35)39/h1-28H. The molecule has 0 aliphatic carbocycles. The number of rotatable bonds is 4. The first-order valence-corrected chi connectivity index (χ1v) is 16.6. The highest BCUT2D eigenvalue weighted by molar-refractivity contribution is 6.24. The van der Waals surface area contributed by atoms with E-state index in [2.05, 4.69) is 152 Å². The molecule has 3 heteroatoms. The molecule has 2 aromatic heterocycles. The van der Waals surface area contributed by atoms with Gasteiger partial charge in [-0.15, -0.1) is 0 Å². The van der Waals surface area contributed by atoms with E-state index in [1.54, 1.807) is 0 Å². The third-order valence-corrected chi connectivity index (χ3v) is 9.72. The third kappa shape index (κ3) is 4.51. The Balaban J connectivity index is 1.13. The minimum Gasteiger partial charge on any atom is -0.455 e. The molecule has 0 aliphatic heterocycles. The summed E-state index contributed by atoms with van der Waals surface area (Å²) in [5.41, 5.74) is 12.4. The van der Waals surface area contributed by atoms with Crippen molar-refractivity contribution in [3.63, 3.8) is 0 Å². The van der Waals surface area contributed by atoms with Crippen molar-refractivity contribution in [2.45, 2.75) is 0 Å². The summed E-state index contributed by atoms with van der Waals surface area (Å²) in [6.45, 7) is 0. The number of benzene rings is 8. The van der Waals surface area contributed by atoms with E-state index in [0.717, 1.165) is 66.1 Å². The van der Waals surface area contributed by atoms with Crippen molar-refractivity contribution in [1.82, 2.24) is 9.97 Å². The lowest BCUT2D eigenvalue weighted by molar-refractivity contribution is 0.670. The highest BCUT2D eigenvalue weighted by atomic mass is 16.3. The Bertz CT molecular complexity index is 2850. The first kappa shape index (κ1) is 27.5. The third-order valence-electron chi connectivity index (χ3n) is 9.72. The Kier molecular flexibility index (Phi) is 6.18. The number of hydrogen-bond donors (Lipinski definition) is 0. The second kappa shape index (κ2) is 11.0. The van der Waals surface area contributed by atoms with Gasteiger partial charge < -0.3 is 4.42 Å². The summed E-state index contributed by atoms with van der Waals surface area (Å²) < 4.78 is 6.32. The van der Waals surface area contributed by atoms with Crippen LogP contribution in [0.4, 0.5) is 0 Å². The predicted molar refractivity (Wildman–Crippen MR) is 204 cm³/mol. The van der Waals surface area contributed by atoms with Gasteiger partial charge >= 0.3 is 0 Å². The lowest BCUT2D eigenvalue weighted by atomic mass is 9.93. The summed E-state index contributed by atoms with van der Waals surface area (Å²) in [7, 11) is 0. The van der Waals surface area contributed by atoms with Gasteiger partial charge in [-0.1, -0.05) is 146 Å². The van der Waals surface area contributed by atoms with Gasteiger partial charge in [0, 0.05) is 32.7 Å². The highest BCUT2D eigenvalue weighted by Crippen LogP contribution is 2.39. The summed E-state index contributed by atoms with van der Waals surface area (Å²) in [5.74, 6) is 0. The number of nitrogens with zero attached hydrogens (tertiary/aromatic N) is 2. The molecule has 0 unspecified atom stereocenters. The average Bonchev–Trinajstić information content (AvgIpc) is 3.57. The Morgan fingerprint density at radius 3 is 1.63 bits per heavy atom. The van der Waals surface area contributed by atoms with Crippen molar-refractivity contribution in [3.05, 3.63) is 170 Å². The van der Waals surface area contributed by atoms with Crippen LogP contribution in [0.2, 0.25) is 0 Å². The zero-order chi connectivity index (χ0) is 32.3. The highest BCUT2D eigenvalue weighted by Gasteiger charge is 2.16. The second-order valence-corrected chi connectivity index (χ2v) is 12.6. The zero-order valence-corrected chi connectivity index (χ0v) is 26.5. The van der Waals surface area contributed by atoms with Crippen LogP contribution >= 0.6 is 0 Å². The van der Waals surface area contributed by atoms with Crippen LogP contribution in [0, 0.1) is 0 Å². The molecule has 0 amide bonds. The van der Waals surface area contributed by atoms with Gasteiger partial charge in [0.1, 0.15) is 11.2 Å². The summed E-state index contributed by atoms with van der Waals surface area (Å²) >= 11 is 0. The van der Waals surface area contributed by atoms with Gasteiger partial charge in [0.05, 0.1) is 22.9 Å². The topological polar surface area (TPSA) is 38.9 Å². The van der Waals surface area contributed by atoms with Crippen molar-refractivity contribution in [1.29, 1.82) is 0 Å². The van der Waals surface area contributed by atoms with Crippen LogP contribution in [-0.4, -0.2) is 9.97 Å². The Morgan fingerprint density at radius 1 is 0.367 bits per heavy atom. The smallest absolute Gasteiger partial charge is 0.143 e. The summed E-state index contributed by atoms with van der Waals surface area (Å²) in [4.78, 5) is 10.4. The maximum Gasteiger partial charge on any atom is 0.143 e. The SMILES string of the molecule is c1ccc(-c2ccc3c(c2)c2cc(-c4ccccc4)ccc2c2nc(-c4ccc(-c5cccc6c5oc5ccccc56)cc4)cnc32)cc1. The van der Waals surface area contributed by atoms with E-state index in [1.807, 2.05) is 18.3 Å². The molecule has 0 fully saturated rings. The molecule has 8 aromatic carbocycles. The fraction of sp³-hybridized carbons (Fsp3) is 0. The molecular formula is C46H28N2O. The van der Waals surface area contributed by atoms with Gasteiger partial charge in [-0.25, -0.2) is 4.98 Å². The summed E-state index contributed by atoms with van der Waals surface area (Å²) in [6.07, 6.45) is 1.91. The van der Waals surface area contributed by atoms with Gasteiger partial charge in [-0.2, -0.15) is 0 Å². The minimum absolute atomic E-state index is 0.842. The molecule has 10 aromatic rings. The molecule has 0 atom stereocenters. The molecule has 0 saturated heterocycles. The maximum absolute atomic E-state index is 6.32. The van der Waals surface area contributed by atoms with E-state index in [1.165, 1.54) is 33.0 Å². The minimum atomic E-state index is 0.842. The molecule has 2 heterocycles. The van der Waals surface area contributed by atoms with Gasteiger partial charge in [-0.3, -0.25) is 4.98 Å². The van der Waals surface area contributed by atoms with Crippen molar-refractivity contribution >= 4 is 54.5 Å². The molecule has 3 nitrogen and oxygen atoms in total. The molecule has 0 aliphatic rings. The number of para-hydroxylation sites is 2. The van der Waals surface area contributed by atoms with E-state index >= 15 is 0 Å². The summed E-state index contributed by atoms with van der Waals surface area (Å²) in [6, 6.07) is 57.7. The van der Waals surface area contributed by atoms with E-state index in [0.29, 0.717) is 0 Å². The first-order chi connectivity index (χ1) is 24.3. The van der Waals surface area contributed by atoms with Crippen molar-refractivity contribution in [2.75, 3.05) is 0 Å². The van der Waals surface area contributed by atoms with E-state index in [-0.39, 0.29) is 0 Å². The number of aromatic nitrogens is 2. The number of fused-ring (bicyclic) bond motifs is 9. The lowest BCUT2D eigenvalue weighted by Gasteiger charge is -2.14. The van der Waals surface area contributed by atoms with Crippen LogP contribution in [-0.2, 0) is 0 Å². The predicted octanol–water partition coefficient (Wildman–Crippen LogP) is 12.5. The zero-order valence-electron chi connectivity index (χ0n) is 26.5. The summed E-state index contributed by atoms with van der Waals surface area (Å²) in [5, 5.41) is 6.79. The van der Waals surface area contributed by atoms with Crippen LogP contribution in [0.1, 0.15) is 0 Å². The van der Waals surface area contributed by atoms with E-state index < -0.39 is 0 Å². The molecule has 0 radical (unpaired) electrons. The number of hydrogen-bond acceptors (Lipinski definition) is 3. The monoisotopic (exact) mass is 624 g/mol. The molecule has 228 valence electrons. The van der Waals surface area contributed by atoms with Crippen LogP contribution in [0.15, 0.2) is 174 Å². The molecule has 49 heavy (non-hydrogen) atoms. The number of furan rings is 1. The fourth-order valence-electron chi connectivity index (χ4n) is 7.28. The van der Waals surface area contributed by atoms with E-state index in [9.17, 15) is 0 Å². The quantitative estimate of drug-likeness (QED) is 0.183. The van der Waals surface area contributed by atoms with Gasteiger partial charge in [0.15, 0.2) is 0 Å².